The molecule has 0 spiro atoms. The fourth-order valence-corrected chi connectivity index (χ4v) is 1.22. The first-order chi connectivity index (χ1) is 7.04. The van der Waals surface area contributed by atoms with E-state index in [1.54, 1.807) is 11.8 Å². The van der Waals surface area contributed by atoms with E-state index < -0.39 is 0 Å². The summed E-state index contributed by atoms with van der Waals surface area (Å²) in [6.45, 7) is 6.96. The van der Waals surface area contributed by atoms with Gasteiger partial charge in [-0.15, -0.1) is 0 Å². The molecule has 0 saturated heterocycles. The summed E-state index contributed by atoms with van der Waals surface area (Å²) in [5.74, 6) is 0.113. The summed E-state index contributed by atoms with van der Waals surface area (Å²) in [6, 6.07) is -0.271. The second-order valence-electron chi connectivity index (χ2n) is 3.32. The van der Waals surface area contributed by atoms with Crippen molar-refractivity contribution < 1.29 is 10.0 Å². The van der Waals surface area contributed by atoms with E-state index in [4.69, 9.17) is 10.9 Å². The van der Waals surface area contributed by atoms with E-state index in [2.05, 4.69) is 10.5 Å². The number of hydrogen-bond donors (Lipinski definition) is 3. The van der Waals surface area contributed by atoms with Crippen LogP contribution < -0.4 is 11.1 Å². The van der Waals surface area contributed by atoms with Gasteiger partial charge in [-0.1, -0.05) is 5.16 Å². The van der Waals surface area contributed by atoms with Crippen molar-refractivity contribution in [1.82, 2.24) is 10.2 Å². The van der Waals surface area contributed by atoms with Gasteiger partial charge < -0.3 is 21.2 Å². The maximum absolute atomic E-state index is 11.6. The lowest BCUT2D eigenvalue weighted by Gasteiger charge is -2.22. The van der Waals surface area contributed by atoms with E-state index in [1.807, 2.05) is 13.8 Å². The molecular weight excluding hydrogens is 196 g/mol. The molecular formula is C9H20N4O2. The van der Waals surface area contributed by atoms with E-state index in [-0.39, 0.29) is 17.9 Å². The summed E-state index contributed by atoms with van der Waals surface area (Å²) in [4.78, 5) is 13.2. The zero-order valence-corrected chi connectivity index (χ0v) is 9.53. The highest BCUT2D eigenvalue weighted by molar-refractivity contribution is 5.81. The summed E-state index contributed by atoms with van der Waals surface area (Å²) in [7, 11) is 0. The number of nitrogens with two attached hydrogens (primary N) is 1. The van der Waals surface area contributed by atoms with Crippen LogP contribution in [0.15, 0.2) is 5.16 Å². The molecule has 15 heavy (non-hydrogen) atoms. The molecule has 1 atom stereocenters. The van der Waals surface area contributed by atoms with Crippen molar-refractivity contribution in [2.24, 2.45) is 10.9 Å². The number of nitrogens with zero attached hydrogens (tertiary/aromatic N) is 2. The van der Waals surface area contributed by atoms with Gasteiger partial charge in [0.25, 0.3) is 0 Å². The third kappa shape index (κ3) is 5.09. The summed E-state index contributed by atoms with van der Waals surface area (Å²) >= 11 is 0. The molecule has 0 aliphatic carbocycles. The van der Waals surface area contributed by atoms with Crippen LogP contribution in [0.4, 0.5) is 4.79 Å². The second-order valence-corrected chi connectivity index (χ2v) is 3.32. The van der Waals surface area contributed by atoms with Gasteiger partial charge in [-0.25, -0.2) is 4.79 Å². The third-order valence-corrected chi connectivity index (χ3v) is 2.06. The molecule has 4 N–H and O–H groups in total. The monoisotopic (exact) mass is 216 g/mol. The number of rotatable bonds is 5. The van der Waals surface area contributed by atoms with Crippen LogP contribution in [-0.4, -0.2) is 41.1 Å². The van der Waals surface area contributed by atoms with Gasteiger partial charge in [0.1, 0.15) is 5.84 Å². The molecule has 0 saturated carbocycles. The van der Waals surface area contributed by atoms with Gasteiger partial charge in [0.05, 0.1) is 0 Å². The van der Waals surface area contributed by atoms with E-state index in [0.717, 1.165) is 0 Å². The largest absolute Gasteiger partial charge is 0.409 e. The van der Waals surface area contributed by atoms with Crippen molar-refractivity contribution >= 4 is 11.9 Å². The van der Waals surface area contributed by atoms with Crippen molar-refractivity contribution in [2.45, 2.75) is 33.2 Å². The van der Waals surface area contributed by atoms with Crippen molar-refractivity contribution in [2.75, 3.05) is 13.1 Å². The van der Waals surface area contributed by atoms with Gasteiger partial charge in [0, 0.05) is 25.6 Å². The van der Waals surface area contributed by atoms with Crippen LogP contribution >= 0.6 is 0 Å². The van der Waals surface area contributed by atoms with Crippen molar-refractivity contribution in [3.8, 4) is 0 Å². The highest BCUT2D eigenvalue weighted by Gasteiger charge is 2.13. The second kappa shape index (κ2) is 6.92. The Hall–Kier alpha value is -1.46. The number of amidine groups is 1. The first kappa shape index (κ1) is 13.5. The van der Waals surface area contributed by atoms with Crippen molar-refractivity contribution in [3.63, 3.8) is 0 Å². The number of nitrogens with one attached hydrogen (secondary N) is 1. The lowest BCUT2D eigenvalue weighted by atomic mass is 10.2. The van der Waals surface area contributed by atoms with E-state index in [9.17, 15) is 4.79 Å². The van der Waals surface area contributed by atoms with Crippen LogP contribution in [0.1, 0.15) is 27.2 Å². The van der Waals surface area contributed by atoms with Gasteiger partial charge in [-0.05, 0) is 20.8 Å². The molecule has 0 aromatic carbocycles. The van der Waals surface area contributed by atoms with Gasteiger partial charge in [0.15, 0.2) is 0 Å². The van der Waals surface area contributed by atoms with Crippen molar-refractivity contribution in [1.29, 1.82) is 0 Å². The van der Waals surface area contributed by atoms with Gasteiger partial charge in [-0.3, -0.25) is 0 Å². The smallest absolute Gasteiger partial charge is 0.317 e. The first-order valence-electron chi connectivity index (χ1n) is 5.06. The number of amides is 2. The Bertz CT molecular complexity index is 226. The Morgan fingerprint density at radius 2 is 2.07 bits per heavy atom. The maximum atomic E-state index is 11.6. The molecule has 0 heterocycles. The zero-order valence-electron chi connectivity index (χ0n) is 9.53. The van der Waals surface area contributed by atoms with Crippen LogP contribution in [-0.2, 0) is 0 Å². The number of hydrogen-bond acceptors (Lipinski definition) is 3. The molecule has 0 aliphatic rings. The topological polar surface area (TPSA) is 91.0 Å². The molecule has 0 rings (SSSR count). The number of carbonyl (C=O) groups excluding carboxylic acids is 1. The van der Waals surface area contributed by atoms with Crippen molar-refractivity contribution in [3.05, 3.63) is 0 Å². The van der Waals surface area contributed by atoms with Crippen LogP contribution in [0.2, 0.25) is 0 Å². The minimum Gasteiger partial charge on any atom is -0.409 e. The minimum absolute atomic E-state index is 0.113. The molecule has 0 bridgehead atoms. The molecule has 0 fully saturated rings. The highest BCUT2D eigenvalue weighted by atomic mass is 16.4. The average molecular weight is 216 g/mol. The predicted molar refractivity (Wildman–Crippen MR) is 58.9 cm³/mol. The Morgan fingerprint density at radius 3 is 2.47 bits per heavy atom. The summed E-state index contributed by atoms with van der Waals surface area (Å²) in [6.07, 6.45) is 0.337. The Morgan fingerprint density at radius 1 is 1.53 bits per heavy atom. The fourth-order valence-electron chi connectivity index (χ4n) is 1.22. The molecule has 0 aromatic heterocycles. The van der Waals surface area contributed by atoms with Crippen LogP contribution in [0.25, 0.3) is 0 Å². The highest BCUT2D eigenvalue weighted by Crippen LogP contribution is 1.94. The molecule has 6 heteroatoms. The van der Waals surface area contributed by atoms with Gasteiger partial charge in [0.2, 0.25) is 0 Å². The Kier molecular flexibility index (Phi) is 6.24. The van der Waals surface area contributed by atoms with Crippen LogP contribution in [0.3, 0.4) is 0 Å². The lowest BCUT2D eigenvalue weighted by Crippen LogP contribution is -2.44. The average Bonchev–Trinajstić information content (AvgIpc) is 2.19. The maximum Gasteiger partial charge on any atom is 0.317 e. The number of oxime groups is 1. The molecule has 0 radical (unpaired) electrons. The standard InChI is InChI=1S/C9H20N4O2/c1-4-13(5-2)9(14)11-7(3)6-8(10)12-15/h7,15H,4-6H2,1-3H3,(H2,10,12)(H,11,14). The van der Waals surface area contributed by atoms with Crippen LogP contribution in [0.5, 0.6) is 0 Å². The molecule has 88 valence electrons. The normalized spacial score (nSPS) is 13.4. The number of carbonyl (C=O) groups is 1. The first-order valence-corrected chi connectivity index (χ1v) is 5.06. The SMILES string of the molecule is CCN(CC)C(=O)NC(C)CC(N)=NO. The summed E-state index contributed by atoms with van der Waals surface area (Å²) < 4.78 is 0. The molecule has 0 aromatic rings. The summed E-state index contributed by atoms with van der Waals surface area (Å²) in [5, 5.41) is 14.0. The molecule has 0 aliphatic heterocycles. The quantitative estimate of drug-likeness (QED) is 0.271. The van der Waals surface area contributed by atoms with E-state index in [1.165, 1.54) is 0 Å². The zero-order chi connectivity index (χ0) is 11.8. The third-order valence-electron chi connectivity index (χ3n) is 2.06. The Balaban J connectivity index is 4.05. The summed E-state index contributed by atoms with van der Waals surface area (Å²) in [5.41, 5.74) is 5.33. The lowest BCUT2D eigenvalue weighted by molar-refractivity contribution is 0.200. The molecule has 2 amide bonds. The molecule has 6 nitrogen and oxygen atoms in total. The predicted octanol–water partition coefficient (Wildman–Crippen LogP) is 0.563. The van der Waals surface area contributed by atoms with Crippen LogP contribution in [0, 0.1) is 0 Å². The van der Waals surface area contributed by atoms with Gasteiger partial charge in [-0.2, -0.15) is 0 Å². The minimum atomic E-state index is -0.144. The van der Waals surface area contributed by atoms with E-state index >= 15 is 0 Å². The molecule has 1 unspecified atom stereocenters. The fraction of sp³-hybridized carbons (Fsp3) is 0.778. The number of urea groups is 1. The van der Waals surface area contributed by atoms with E-state index in [0.29, 0.717) is 19.5 Å². The Labute approximate surface area is 90.1 Å². The van der Waals surface area contributed by atoms with Gasteiger partial charge >= 0.3 is 6.03 Å².